The fourth-order valence-electron chi connectivity index (χ4n) is 1.50. The minimum Gasteiger partial charge on any atom is -0.268 e. The lowest BCUT2D eigenvalue weighted by molar-refractivity contribution is -0.116. The van der Waals surface area contributed by atoms with Crippen molar-refractivity contribution in [2.45, 2.75) is 0 Å². The van der Waals surface area contributed by atoms with Crippen molar-refractivity contribution in [2.75, 3.05) is 0 Å². The Kier molecular flexibility index (Phi) is 5.23. The Morgan fingerprint density at radius 3 is 2.33 bits per heavy atom. The van der Waals surface area contributed by atoms with Gasteiger partial charge in [-0.1, -0.05) is 35.9 Å². The summed E-state index contributed by atoms with van der Waals surface area (Å²) < 4.78 is 12.7. The van der Waals surface area contributed by atoms with E-state index < -0.39 is 0 Å². The van der Waals surface area contributed by atoms with Gasteiger partial charge in [-0.15, -0.1) is 0 Å². The Labute approximate surface area is 126 Å². The first-order chi connectivity index (χ1) is 10.1. The van der Waals surface area contributed by atoms with Crippen LogP contribution in [0, 0.1) is 5.82 Å². The zero-order valence-electron chi connectivity index (χ0n) is 11.0. The van der Waals surface area contributed by atoms with Crippen molar-refractivity contribution in [3.05, 3.63) is 76.6 Å². The quantitative estimate of drug-likeness (QED) is 0.523. The first kappa shape index (κ1) is 14.9. The molecular weight excluding hydrogens is 291 g/mol. The van der Waals surface area contributed by atoms with E-state index in [0.29, 0.717) is 10.6 Å². The number of benzene rings is 2. The van der Waals surface area contributed by atoms with Crippen molar-refractivity contribution in [1.82, 2.24) is 5.43 Å². The molecule has 0 saturated carbocycles. The van der Waals surface area contributed by atoms with E-state index in [1.165, 1.54) is 24.4 Å². The topological polar surface area (TPSA) is 41.5 Å². The van der Waals surface area contributed by atoms with E-state index >= 15 is 0 Å². The zero-order chi connectivity index (χ0) is 15.1. The van der Waals surface area contributed by atoms with Crippen LogP contribution in [0.1, 0.15) is 11.1 Å². The maximum atomic E-state index is 12.7. The predicted molar refractivity (Wildman–Crippen MR) is 82.6 cm³/mol. The van der Waals surface area contributed by atoms with Gasteiger partial charge < -0.3 is 0 Å². The number of rotatable bonds is 4. The molecule has 21 heavy (non-hydrogen) atoms. The Morgan fingerprint density at radius 2 is 1.67 bits per heavy atom. The average Bonchev–Trinajstić information content (AvgIpc) is 2.49. The fraction of sp³-hybridized carbons (Fsp3) is 0. The van der Waals surface area contributed by atoms with Gasteiger partial charge in [0.1, 0.15) is 5.82 Å². The molecule has 3 nitrogen and oxygen atoms in total. The van der Waals surface area contributed by atoms with Crippen molar-refractivity contribution in [2.24, 2.45) is 5.10 Å². The highest BCUT2D eigenvalue weighted by Crippen LogP contribution is 2.10. The molecule has 2 aromatic rings. The van der Waals surface area contributed by atoms with Gasteiger partial charge in [0.25, 0.3) is 5.91 Å². The van der Waals surface area contributed by atoms with E-state index in [1.807, 2.05) is 0 Å². The molecule has 0 bridgehead atoms. The molecule has 0 fully saturated rings. The lowest BCUT2D eigenvalue weighted by Gasteiger charge is -1.95. The molecule has 0 aliphatic carbocycles. The van der Waals surface area contributed by atoms with Crippen LogP contribution in [0.4, 0.5) is 4.39 Å². The monoisotopic (exact) mass is 302 g/mol. The van der Waals surface area contributed by atoms with E-state index in [9.17, 15) is 9.18 Å². The Morgan fingerprint density at radius 1 is 1.05 bits per heavy atom. The van der Waals surface area contributed by atoms with Crippen LogP contribution < -0.4 is 5.43 Å². The highest BCUT2D eigenvalue weighted by atomic mass is 35.5. The molecule has 0 aromatic heterocycles. The van der Waals surface area contributed by atoms with Gasteiger partial charge in [-0.05, 0) is 41.5 Å². The number of nitrogens with zero attached hydrogens (tertiary/aromatic N) is 1. The Bertz CT molecular complexity index is 664. The van der Waals surface area contributed by atoms with Crippen LogP contribution in [0.3, 0.4) is 0 Å². The SMILES string of the molecule is O=C(/C=C/c1ccc(Cl)cc1)N/N=C\c1ccc(F)cc1. The van der Waals surface area contributed by atoms with E-state index in [2.05, 4.69) is 10.5 Å². The molecule has 0 saturated heterocycles. The van der Waals surface area contributed by atoms with Gasteiger partial charge in [-0.25, -0.2) is 9.82 Å². The molecule has 1 amide bonds. The summed E-state index contributed by atoms with van der Waals surface area (Å²) in [5.74, 6) is -0.676. The van der Waals surface area contributed by atoms with Gasteiger partial charge in [0.2, 0.25) is 0 Å². The number of halogens is 2. The van der Waals surface area contributed by atoms with E-state index in [-0.39, 0.29) is 11.7 Å². The van der Waals surface area contributed by atoms with Crippen molar-refractivity contribution in [1.29, 1.82) is 0 Å². The van der Waals surface area contributed by atoms with Crippen LogP contribution in [-0.4, -0.2) is 12.1 Å². The molecule has 0 heterocycles. The number of hydrogen-bond donors (Lipinski definition) is 1. The zero-order valence-corrected chi connectivity index (χ0v) is 11.7. The van der Waals surface area contributed by atoms with Gasteiger partial charge in [0, 0.05) is 11.1 Å². The number of hydrogen-bond acceptors (Lipinski definition) is 2. The summed E-state index contributed by atoms with van der Waals surface area (Å²) >= 11 is 5.76. The molecule has 5 heteroatoms. The summed E-state index contributed by atoms with van der Waals surface area (Å²) in [6, 6.07) is 12.9. The van der Waals surface area contributed by atoms with Crippen LogP contribution >= 0.6 is 11.6 Å². The summed E-state index contributed by atoms with van der Waals surface area (Å²) in [4.78, 5) is 11.5. The third kappa shape index (κ3) is 5.20. The van der Waals surface area contributed by atoms with Gasteiger partial charge in [0.05, 0.1) is 6.21 Å². The summed E-state index contributed by atoms with van der Waals surface area (Å²) in [6.07, 6.45) is 4.46. The largest absolute Gasteiger partial charge is 0.268 e. The standard InChI is InChI=1S/C16H12ClFN2O/c17-14-6-1-12(2-7-14)5-10-16(21)20-19-11-13-3-8-15(18)9-4-13/h1-11H,(H,20,21)/b10-5+,19-11-. The summed E-state index contributed by atoms with van der Waals surface area (Å²) in [6.45, 7) is 0. The lowest BCUT2D eigenvalue weighted by atomic mass is 10.2. The van der Waals surface area contributed by atoms with Crippen molar-refractivity contribution in [3.63, 3.8) is 0 Å². The molecule has 0 unspecified atom stereocenters. The number of nitrogens with one attached hydrogen (secondary N) is 1. The average molecular weight is 303 g/mol. The fourth-order valence-corrected chi connectivity index (χ4v) is 1.63. The minimum atomic E-state index is -0.358. The molecule has 0 spiro atoms. The van der Waals surface area contributed by atoms with E-state index in [0.717, 1.165) is 5.56 Å². The first-order valence-electron chi connectivity index (χ1n) is 6.16. The highest BCUT2D eigenvalue weighted by molar-refractivity contribution is 6.30. The summed E-state index contributed by atoms with van der Waals surface area (Å²) in [7, 11) is 0. The van der Waals surface area contributed by atoms with E-state index in [4.69, 9.17) is 11.6 Å². The Balaban J connectivity index is 1.87. The van der Waals surface area contributed by atoms with E-state index in [1.54, 1.807) is 42.5 Å². The predicted octanol–water partition coefficient (Wildman–Crippen LogP) is 3.64. The molecule has 0 radical (unpaired) electrons. The van der Waals surface area contributed by atoms with Crippen LogP contribution in [0.25, 0.3) is 6.08 Å². The smallest absolute Gasteiger partial charge is 0.264 e. The van der Waals surface area contributed by atoms with Gasteiger partial charge in [-0.3, -0.25) is 4.79 Å². The molecule has 2 aromatic carbocycles. The summed E-state index contributed by atoms with van der Waals surface area (Å²) in [5.41, 5.74) is 3.90. The number of carbonyl (C=O) groups is 1. The van der Waals surface area contributed by atoms with Gasteiger partial charge in [0.15, 0.2) is 0 Å². The number of hydrazone groups is 1. The molecule has 106 valence electrons. The second-order valence-electron chi connectivity index (χ2n) is 4.17. The van der Waals surface area contributed by atoms with Crippen molar-refractivity contribution < 1.29 is 9.18 Å². The lowest BCUT2D eigenvalue weighted by Crippen LogP contribution is -2.14. The van der Waals surface area contributed by atoms with Crippen LogP contribution in [0.5, 0.6) is 0 Å². The minimum absolute atomic E-state index is 0.318. The van der Waals surface area contributed by atoms with Crippen LogP contribution in [-0.2, 0) is 4.79 Å². The van der Waals surface area contributed by atoms with Crippen LogP contribution in [0.2, 0.25) is 5.02 Å². The van der Waals surface area contributed by atoms with Crippen molar-refractivity contribution in [3.8, 4) is 0 Å². The van der Waals surface area contributed by atoms with Gasteiger partial charge >= 0.3 is 0 Å². The number of carbonyl (C=O) groups excluding carboxylic acids is 1. The summed E-state index contributed by atoms with van der Waals surface area (Å²) in [5, 5.41) is 4.42. The first-order valence-corrected chi connectivity index (χ1v) is 6.53. The normalized spacial score (nSPS) is 11.1. The molecule has 1 N–H and O–H groups in total. The van der Waals surface area contributed by atoms with Gasteiger partial charge in [-0.2, -0.15) is 5.10 Å². The maximum Gasteiger partial charge on any atom is 0.264 e. The molecule has 2 rings (SSSR count). The third-order valence-corrected chi connectivity index (χ3v) is 2.81. The number of amides is 1. The second-order valence-corrected chi connectivity index (χ2v) is 4.61. The second kappa shape index (κ2) is 7.36. The third-order valence-electron chi connectivity index (χ3n) is 2.56. The van der Waals surface area contributed by atoms with Crippen molar-refractivity contribution >= 4 is 29.8 Å². The highest BCUT2D eigenvalue weighted by Gasteiger charge is 1.94. The Hall–Kier alpha value is -2.46. The van der Waals surface area contributed by atoms with Crippen LogP contribution in [0.15, 0.2) is 59.7 Å². The molecule has 0 aliphatic heterocycles. The molecule has 0 atom stereocenters. The molecule has 0 aliphatic rings. The molecular formula is C16H12ClFN2O. The maximum absolute atomic E-state index is 12.7.